The second kappa shape index (κ2) is 6.10. The van der Waals surface area contributed by atoms with Gasteiger partial charge in [0.2, 0.25) is 0 Å². The van der Waals surface area contributed by atoms with Crippen molar-refractivity contribution in [2.24, 2.45) is 7.97 Å². The number of nitrogens with zero attached hydrogens (tertiary/aromatic N) is 3. The van der Waals surface area contributed by atoms with Crippen LogP contribution in [0.2, 0.25) is 0 Å². The van der Waals surface area contributed by atoms with Crippen molar-refractivity contribution in [1.82, 2.24) is 10.4 Å². The summed E-state index contributed by atoms with van der Waals surface area (Å²) in [5.74, 6) is 0.248. The first kappa shape index (κ1) is 16.2. The summed E-state index contributed by atoms with van der Waals surface area (Å²) in [6, 6.07) is 5.53. The summed E-state index contributed by atoms with van der Waals surface area (Å²) in [5.41, 5.74) is 3.44. The molecule has 2 aliphatic heterocycles. The molecule has 1 atom stereocenters. The molecule has 2 heterocycles. The van der Waals surface area contributed by atoms with Crippen molar-refractivity contribution in [3.63, 3.8) is 0 Å². The van der Waals surface area contributed by atoms with Gasteiger partial charge in [-0.15, -0.1) is 0 Å². The first-order valence-corrected chi connectivity index (χ1v) is 9.90. The third-order valence-electron chi connectivity index (χ3n) is 3.38. The second-order valence-corrected chi connectivity index (χ2v) is 8.06. The minimum atomic E-state index is -4.38. The molecule has 0 radical (unpaired) electrons. The predicted octanol–water partition coefficient (Wildman–Crippen LogP) is 2.39. The number of amidine groups is 2. The number of rotatable bonds is 2. The summed E-state index contributed by atoms with van der Waals surface area (Å²) >= 11 is -2.22. The van der Waals surface area contributed by atoms with E-state index in [4.69, 9.17) is 0 Å². The van der Waals surface area contributed by atoms with Crippen LogP contribution < -0.4 is 5.43 Å². The Balaban J connectivity index is 1.80. The molecule has 2 aliphatic rings. The topological polar surface area (TPSA) is 40.0 Å². The molecular formula is C14H11F4InN4. The average Bonchev–Trinajstić information content (AvgIpc) is 2.91. The van der Waals surface area contributed by atoms with Crippen LogP contribution in [0.15, 0.2) is 44.4 Å². The van der Waals surface area contributed by atoms with Crippen LogP contribution in [-0.2, 0) is 0 Å². The quantitative estimate of drug-likeness (QED) is 0.739. The maximum atomic E-state index is 13.0. The van der Waals surface area contributed by atoms with Crippen molar-refractivity contribution in [1.29, 1.82) is 0 Å². The monoisotopic (exact) mass is 426 g/mol. The van der Waals surface area contributed by atoms with Crippen LogP contribution in [0.5, 0.6) is 0 Å². The van der Waals surface area contributed by atoms with Crippen LogP contribution in [-0.4, -0.2) is 48.9 Å². The molecule has 118 valence electrons. The van der Waals surface area contributed by atoms with E-state index in [1.165, 1.54) is 18.2 Å². The van der Waals surface area contributed by atoms with Gasteiger partial charge in [0.15, 0.2) is 0 Å². The number of alkyl halides is 3. The van der Waals surface area contributed by atoms with Gasteiger partial charge in [-0.2, -0.15) is 0 Å². The summed E-state index contributed by atoms with van der Waals surface area (Å²) in [4.78, 5) is 4.35. The van der Waals surface area contributed by atoms with Crippen LogP contribution in [0.25, 0.3) is 0 Å². The molecule has 0 unspecified atom stereocenters. The van der Waals surface area contributed by atoms with E-state index < -0.39 is 32.3 Å². The molecule has 1 N–H and O–H groups in total. The van der Waals surface area contributed by atoms with E-state index in [-0.39, 0.29) is 17.7 Å². The molecule has 1 aromatic rings. The summed E-state index contributed by atoms with van der Waals surface area (Å²) in [6.45, 7) is 1.79. The molecule has 0 spiro atoms. The maximum absolute atomic E-state index is 13.0. The fourth-order valence-corrected chi connectivity index (χ4v) is 4.81. The fourth-order valence-electron chi connectivity index (χ4n) is 2.20. The van der Waals surface area contributed by atoms with Gasteiger partial charge in [-0.1, -0.05) is 0 Å². The standard InChI is InChI=1S/C14H11F4N4.In/c1-9(10-2-4-11(15)5-3-10)20-13-7-6-12(19)22(21-13)8-14(16,17)18;/h2-7,9H,1H3,(H,20,21);/q-1;+1/t9-;/m1./s1. The Bertz CT molecular complexity index is 734. The van der Waals surface area contributed by atoms with E-state index in [0.29, 0.717) is 5.84 Å². The Morgan fingerprint density at radius 1 is 1.22 bits per heavy atom. The molecule has 0 bridgehead atoms. The number of hydrogen-bond donors (Lipinski definition) is 1. The Hall–Kier alpha value is -1.64. The summed E-state index contributed by atoms with van der Waals surface area (Å²) in [5, 5.41) is 0.983. The van der Waals surface area contributed by atoms with Gasteiger partial charge in [0.1, 0.15) is 0 Å². The van der Waals surface area contributed by atoms with Gasteiger partial charge >= 0.3 is 141 Å². The van der Waals surface area contributed by atoms with E-state index in [0.717, 1.165) is 10.6 Å². The van der Waals surface area contributed by atoms with Gasteiger partial charge in [-0.3, -0.25) is 0 Å². The SMILES string of the molecule is C[C@@H](N=C1C=CC2=[N][In]=[C](C(F)(F)F)N2N1)c1ccc(F)cc1. The molecule has 0 aliphatic carbocycles. The fraction of sp³-hybridized carbons (Fsp3) is 0.214. The van der Waals surface area contributed by atoms with Gasteiger partial charge in [-0.05, 0) is 0 Å². The Morgan fingerprint density at radius 3 is 2.57 bits per heavy atom. The summed E-state index contributed by atoms with van der Waals surface area (Å²) in [7, 11) is 0. The summed E-state index contributed by atoms with van der Waals surface area (Å²) < 4.78 is 55.3. The number of nitrogens with one attached hydrogen (secondary N) is 1. The molecule has 4 nitrogen and oxygen atoms in total. The number of fused-ring (bicyclic) bond motifs is 1. The molecule has 3 rings (SSSR count). The Labute approximate surface area is 140 Å². The molecular weight excluding hydrogens is 415 g/mol. The van der Waals surface area contributed by atoms with Crippen LogP contribution in [0.1, 0.15) is 18.5 Å². The summed E-state index contributed by atoms with van der Waals surface area (Å²) in [6.07, 6.45) is -1.26. The van der Waals surface area contributed by atoms with Crippen molar-refractivity contribution in [3.05, 3.63) is 47.8 Å². The normalized spacial score (nSPS) is 19.7. The molecule has 23 heavy (non-hydrogen) atoms. The zero-order valence-corrected chi connectivity index (χ0v) is 15.3. The van der Waals surface area contributed by atoms with Crippen LogP contribution in [0, 0.1) is 5.82 Å². The first-order valence-electron chi connectivity index (χ1n) is 6.78. The van der Waals surface area contributed by atoms with E-state index in [1.807, 2.05) is 0 Å². The van der Waals surface area contributed by atoms with Gasteiger partial charge in [0.25, 0.3) is 0 Å². The van der Waals surface area contributed by atoms with E-state index in [2.05, 4.69) is 13.4 Å². The third kappa shape index (κ3) is 3.49. The minimum absolute atomic E-state index is 0.284. The van der Waals surface area contributed by atoms with Crippen LogP contribution in [0.4, 0.5) is 17.6 Å². The van der Waals surface area contributed by atoms with Crippen LogP contribution in [0.3, 0.4) is 0 Å². The Kier molecular flexibility index (Phi) is 4.31. The van der Waals surface area contributed by atoms with Gasteiger partial charge < -0.3 is 0 Å². The molecule has 1 aromatic carbocycles. The van der Waals surface area contributed by atoms with E-state index in [1.54, 1.807) is 25.1 Å². The molecule has 0 fully saturated rings. The van der Waals surface area contributed by atoms with Crippen molar-refractivity contribution in [3.8, 4) is 0 Å². The third-order valence-corrected chi connectivity index (χ3v) is 6.87. The number of aliphatic imine (C=N–C) groups is 1. The first-order chi connectivity index (χ1) is 10.8. The average molecular weight is 426 g/mol. The van der Waals surface area contributed by atoms with Crippen molar-refractivity contribution in [2.75, 3.05) is 0 Å². The van der Waals surface area contributed by atoms with Crippen LogP contribution >= 0.6 is 0 Å². The molecule has 9 heteroatoms. The molecule has 0 amide bonds. The molecule has 0 aromatic heterocycles. The van der Waals surface area contributed by atoms with E-state index >= 15 is 0 Å². The Morgan fingerprint density at radius 2 is 1.91 bits per heavy atom. The van der Waals surface area contributed by atoms with Gasteiger partial charge in [0, 0.05) is 0 Å². The van der Waals surface area contributed by atoms with E-state index in [9.17, 15) is 17.6 Å². The predicted molar refractivity (Wildman–Crippen MR) is 80.6 cm³/mol. The number of hydrazine groups is 1. The van der Waals surface area contributed by atoms with Crippen molar-refractivity contribution >= 4 is 37.8 Å². The molecule has 0 saturated heterocycles. The zero-order valence-electron chi connectivity index (χ0n) is 12.0. The number of benzene rings is 1. The number of halogens is 4. The number of hydrogen-bond acceptors (Lipinski definition) is 3. The van der Waals surface area contributed by atoms with Crippen molar-refractivity contribution in [2.45, 2.75) is 19.1 Å². The zero-order chi connectivity index (χ0) is 16.6. The van der Waals surface area contributed by atoms with Gasteiger partial charge in [0.05, 0.1) is 0 Å². The van der Waals surface area contributed by atoms with Crippen molar-refractivity contribution < 1.29 is 17.6 Å². The van der Waals surface area contributed by atoms with Gasteiger partial charge in [-0.25, -0.2) is 0 Å². The molecule has 0 saturated carbocycles. The second-order valence-electron chi connectivity index (χ2n) is 5.02.